The van der Waals surface area contributed by atoms with Gasteiger partial charge in [-0.05, 0) is 40.3 Å². The molecule has 0 N–H and O–H groups in total. The van der Waals surface area contributed by atoms with Crippen LogP contribution in [0, 0.1) is 17.0 Å². The van der Waals surface area contributed by atoms with E-state index < -0.39 is 4.92 Å². The highest BCUT2D eigenvalue weighted by Gasteiger charge is 2.20. The Morgan fingerprint density at radius 3 is 2.50 bits per heavy atom. The number of hydrogen-bond donors (Lipinski definition) is 0. The second-order valence-electron chi connectivity index (χ2n) is 6.92. The number of rotatable bonds is 8. The van der Waals surface area contributed by atoms with E-state index in [1.54, 1.807) is 11.5 Å². The highest BCUT2D eigenvalue weighted by molar-refractivity contribution is 5.40. The van der Waals surface area contributed by atoms with E-state index >= 15 is 0 Å². The van der Waals surface area contributed by atoms with Gasteiger partial charge >= 0.3 is 5.82 Å². The molecule has 0 fully saturated rings. The lowest BCUT2D eigenvalue weighted by atomic mass is 10.0. The van der Waals surface area contributed by atoms with Crippen molar-refractivity contribution in [3.63, 3.8) is 0 Å². The topological polar surface area (TPSA) is 75.1 Å². The van der Waals surface area contributed by atoms with Gasteiger partial charge < -0.3 is 19.4 Å². The molecule has 2 heterocycles. The van der Waals surface area contributed by atoms with Crippen molar-refractivity contribution >= 4 is 5.82 Å². The van der Waals surface area contributed by atoms with Crippen LogP contribution >= 0.6 is 0 Å². The van der Waals surface area contributed by atoms with Crippen LogP contribution in [0.5, 0.6) is 0 Å². The molecule has 4 aromatic rings. The number of aryl methyl sites for hydroxylation is 1. The second kappa shape index (κ2) is 8.75. The molecule has 1 atom stereocenters. The molecule has 7 heteroatoms. The minimum absolute atomic E-state index is 0.0260. The van der Waals surface area contributed by atoms with Gasteiger partial charge in [-0.15, -0.1) is 0 Å². The number of nitro groups is 1. The molecule has 152 valence electrons. The summed E-state index contributed by atoms with van der Waals surface area (Å²) in [5, 5.41) is 11.2. The molecular formula is C23H22N4O3. The lowest BCUT2D eigenvalue weighted by Crippen LogP contribution is -2.14. The predicted octanol–water partition coefficient (Wildman–Crippen LogP) is 4.70. The second-order valence-corrected chi connectivity index (χ2v) is 6.92. The lowest BCUT2D eigenvalue weighted by Gasteiger charge is -2.20. The molecule has 0 radical (unpaired) electrons. The Kier molecular flexibility index (Phi) is 5.72. The average molecular weight is 402 g/mol. The van der Waals surface area contributed by atoms with Gasteiger partial charge in [0.05, 0.1) is 6.61 Å². The number of aromatic nitrogens is 3. The first kappa shape index (κ1) is 19.6. The molecule has 0 aliphatic heterocycles. The van der Waals surface area contributed by atoms with Crippen molar-refractivity contribution in [1.29, 1.82) is 0 Å². The van der Waals surface area contributed by atoms with E-state index in [1.807, 2.05) is 77.6 Å². The zero-order valence-electron chi connectivity index (χ0n) is 16.6. The number of benzene rings is 2. The van der Waals surface area contributed by atoms with Crippen molar-refractivity contribution in [2.75, 3.05) is 6.61 Å². The smallest absolute Gasteiger partial charge is 0.342 e. The minimum atomic E-state index is -0.421. The average Bonchev–Trinajstić information content (AvgIpc) is 3.42. The number of imidazole rings is 1. The SMILES string of the molecule is Cc1ncc([N+](=O)[O-])n1CCOC(c1ccccc1)c1cccc(-n2cccc2)c1. The summed E-state index contributed by atoms with van der Waals surface area (Å²) in [6, 6.07) is 22.1. The molecule has 0 aliphatic rings. The van der Waals surface area contributed by atoms with E-state index in [4.69, 9.17) is 4.74 Å². The Labute approximate surface area is 174 Å². The van der Waals surface area contributed by atoms with Gasteiger partial charge in [-0.25, -0.2) is 9.55 Å². The Bertz CT molecular complexity index is 1120. The molecule has 4 rings (SSSR count). The van der Waals surface area contributed by atoms with Gasteiger partial charge in [0.25, 0.3) is 0 Å². The van der Waals surface area contributed by atoms with Crippen LogP contribution in [0.15, 0.2) is 85.3 Å². The standard InChI is InChI=1S/C23H22N4O3/c1-18-24-17-22(27(28)29)26(18)14-15-30-23(19-8-3-2-4-9-19)20-10-7-11-21(16-20)25-12-5-6-13-25/h2-13,16-17,23H,14-15H2,1H3. The van der Waals surface area contributed by atoms with Gasteiger partial charge in [-0.3, -0.25) is 0 Å². The summed E-state index contributed by atoms with van der Waals surface area (Å²) < 4.78 is 9.88. The van der Waals surface area contributed by atoms with E-state index in [0.29, 0.717) is 19.0 Å². The molecule has 0 saturated heterocycles. The van der Waals surface area contributed by atoms with Crippen molar-refractivity contribution in [3.8, 4) is 5.69 Å². The normalized spacial score (nSPS) is 12.0. The molecule has 2 aromatic heterocycles. The highest BCUT2D eigenvalue weighted by atomic mass is 16.6. The molecule has 7 nitrogen and oxygen atoms in total. The first-order valence-corrected chi connectivity index (χ1v) is 9.70. The van der Waals surface area contributed by atoms with Gasteiger partial charge in [0, 0.05) is 25.0 Å². The molecule has 0 spiro atoms. The van der Waals surface area contributed by atoms with Crippen molar-refractivity contribution in [2.24, 2.45) is 0 Å². The molecule has 0 bridgehead atoms. The van der Waals surface area contributed by atoms with Gasteiger partial charge in [-0.2, -0.15) is 0 Å². The van der Waals surface area contributed by atoms with E-state index in [2.05, 4.69) is 11.1 Å². The molecule has 0 saturated carbocycles. The Hall–Kier alpha value is -3.71. The summed E-state index contributed by atoms with van der Waals surface area (Å²) >= 11 is 0. The summed E-state index contributed by atoms with van der Waals surface area (Å²) in [7, 11) is 0. The summed E-state index contributed by atoms with van der Waals surface area (Å²) in [6.07, 6.45) is 4.99. The molecule has 0 aliphatic carbocycles. The molecule has 1 unspecified atom stereocenters. The molecular weight excluding hydrogens is 380 g/mol. The maximum Gasteiger partial charge on any atom is 0.342 e. The van der Waals surface area contributed by atoms with Crippen LogP contribution < -0.4 is 0 Å². The van der Waals surface area contributed by atoms with Crippen molar-refractivity contribution in [1.82, 2.24) is 14.1 Å². The number of hydrogen-bond acceptors (Lipinski definition) is 4. The van der Waals surface area contributed by atoms with Crippen LogP contribution in [0.2, 0.25) is 0 Å². The van der Waals surface area contributed by atoms with E-state index in [1.165, 1.54) is 6.20 Å². The van der Waals surface area contributed by atoms with E-state index in [0.717, 1.165) is 16.8 Å². The molecule has 30 heavy (non-hydrogen) atoms. The van der Waals surface area contributed by atoms with E-state index in [9.17, 15) is 10.1 Å². The number of nitrogens with zero attached hydrogens (tertiary/aromatic N) is 4. The van der Waals surface area contributed by atoms with Gasteiger partial charge in [0.2, 0.25) is 0 Å². The lowest BCUT2D eigenvalue weighted by molar-refractivity contribution is -0.392. The van der Waals surface area contributed by atoms with Crippen LogP contribution in [-0.2, 0) is 11.3 Å². The van der Waals surface area contributed by atoms with Gasteiger partial charge in [-0.1, -0.05) is 42.5 Å². The fraction of sp³-hybridized carbons (Fsp3) is 0.174. The third-order valence-electron chi connectivity index (χ3n) is 5.00. The Morgan fingerprint density at radius 1 is 1.03 bits per heavy atom. The molecule has 2 aromatic carbocycles. The van der Waals surface area contributed by atoms with Crippen molar-refractivity contribution < 1.29 is 9.66 Å². The zero-order valence-corrected chi connectivity index (χ0v) is 16.6. The van der Waals surface area contributed by atoms with Gasteiger partial charge in [0.15, 0.2) is 5.82 Å². The first-order valence-electron chi connectivity index (χ1n) is 9.70. The van der Waals surface area contributed by atoms with Crippen molar-refractivity contribution in [2.45, 2.75) is 19.6 Å². The monoisotopic (exact) mass is 402 g/mol. The van der Waals surface area contributed by atoms with Crippen LogP contribution in [0.3, 0.4) is 0 Å². The zero-order chi connectivity index (χ0) is 20.9. The first-order chi connectivity index (χ1) is 14.6. The maximum atomic E-state index is 11.2. The van der Waals surface area contributed by atoms with Crippen LogP contribution in [-0.4, -0.2) is 25.6 Å². The fourth-order valence-corrected chi connectivity index (χ4v) is 3.51. The number of ether oxygens (including phenoxy) is 1. The fourth-order valence-electron chi connectivity index (χ4n) is 3.51. The molecule has 0 amide bonds. The third kappa shape index (κ3) is 4.16. The van der Waals surface area contributed by atoms with Crippen LogP contribution in [0.4, 0.5) is 5.82 Å². The minimum Gasteiger partial charge on any atom is -0.365 e. The van der Waals surface area contributed by atoms with E-state index in [-0.39, 0.29) is 11.9 Å². The van der Waals surface area contributed by atoms with Gasteiger partial charge in [0.1, 0.15) is 18.8 Å². The largest absolute Gasteiger partial charge is 0.365 e. The Balaban J connectivity index is 1.59. The summed E-state index contributed by atoms with van der Waals surface area (Å²) in [4.78, 5) is 14.9. The van der Waals surface area contributed by atoms with Crippen LogP contribution in [0.1, 0.15) is 23.1 Å². The maximum absolute atomic E-state index is 11.2. The summed E-state index contributed by atoms with van der Waals surface area (Å²) in [5.74, 6) is 0.568. The third-order valence-corrected chi connectivity index (χ3v) is 5.00. The summed E-state index contributed by atoms with van der Waals surface area (Å²) in [6.45, 7) is 2.41. The highest BCUT2D eigenvalue weighted by Crippen LogP contribution is 2.28. The summed E-state index contributed by atoms with van der Waals surface area (Å²) in [5.41, 5.74) is 3.09. The quantitative estimate of drug-likeness (QED) is 0.316. The van der Waals surface area contributed by atoms with Crippen molar-refractivity contribution in [3.05, 3.63) is 112 Å². The predicted molar refractivity (Wildman–Crippen MR) is 114 cm³/mol. The van der Waals surface area contributed by atoms with Crippen LogP contribution in [0.25, 0.3) is 5.69 Å². The Morgan fingerprint density at radius 2 is 1.77 bits per heavy atom.